The standard InChI is InChI=1S/C12H17ClFNO/c1-3-16-12-5-4-9(8-10(12)14)11(15-2)6-7-13/h4-5,8,11,15H,3,6-7H2,1-2H3. The lowest BCUT2D eigenvalue weighted by molar-refractivity contribution is 0.321. The Kier molecular flexibility index (Phi) is 5.56. The number of rotatable bonds is 6. The summed E-state index contributed by atoms with van der Waals surface area (Å²) in [6.45, 7) is 2.30. The van der Waals surface area contributed by atoms with E-state index in [0.717, 1.165) is 12.0 Å². The molecule has 0 saturated heterocycles. The molecule has 0 spiro atoms. The van der Waals surface area contributed by atoms with Crippen molar-refractivity contribution in [2.75, 3.05) is 19.5 Å². The van der Waals surface area contributed by atoms with Crippen LogP contribution in [0.5, 0.6) is 5.75 Å². The van der Waals surface area contributed by atoms with Gasteiger partial charge in [0.05, 0.1) is 6.61 Å². The number of nitrogens with one attached hydrogen (secondary N) is 1. The smallest absolute Gasteiger partial charge is 0.165 e. The molecule has 0 bridgehead atoms. The number of alkyl halides is 1. The van der Waals surface area contributed by atoms with Gasteiger partial charge in [-0.15, -0.1) is 11.6 Å². The van der Waals surface area contributed by atoms with E-state index >= 15 is 0 Å². The first-order valence-corrected chi connectivity index (χ1v) is 5.91. The van der Waals surface area contributed by atoms with Gasteiger partial charge in [0.1, 0.15) is 0 Å². The molecule has 0 aliphatic rings. The summed E-state index contributed by atoms with van der Waals surface area (Å²) >= 11 is 5.69. The molecular weight excluding hydrogens is 229 g/mol. The van der Waals surface area contributed by atoms with Crippen molar-refractivity contribution in [3.8, 4) is 5.75 Å². The lowest BCUT2D eigenvalue weighted by Crippen LogP contribution is -2.17. The van der Waals surface area contributed by atoms with Crippen LogP contribution in [0.1, 0.15) is 24.9 Å². The fraction of sp³-hybridized carbons (Fsp3) is 0.500. The summed E-state index contributed by atoms with van der Waals surface area (Å²) in [6.07, 6.45) is 0.769. The fourth-order valence-electron chi connectivity index (χ4n) is 1.59. The molecule has 2 nitrogen and oxygen atoms in total. The van der Waals surface area contributed by atoms with Gasteiger partial charge in [-0.1, -0.05) is 6.07 Å². The second kappa shape index (κ2) is 6.71. The first-order chi connectivity index (χ1) is 7.72. The van der Waals surface area contributed by atoms with Crippen molar-refractivity contribution in [3.63, 3.8) is 0 Å². The topological polar surface area (TPSA) is 21.3 Å². The van der Waals surface area contributed by atoms with Gasteiger partial charge in [0, 0.05) is 11.9 Å². The summed E-state index contributed by atoms with van der Waals surface area (Å²) in [7, 11) is 1.84. The van der Waals surface area contributed by atoms with Gasteiger partial charge in [0.25, 0.3) is 0 Å². The Morgan fingerprint density at radius 3 is 2.75 bits per heavy atom. The molecule has 0 heterocycles. The van der Waals surface area contributed by atoms with E-state index in [0.29, 0.717) is 18.2 Å². The predicted molar refractivity (Wildman–Crippen MR) is 64.7 cm³/mol. The number of halogens is 2. The average Bonchev–Trinajstić information content (AvgIpc) is 2.29. The lowest BCUT2D eigenvalue weighted by atomic mass is 10.0. The zero-order chi connectivity index (χ0) is 12.0. The third-order valence-corrected chi connectivity index (χ3v) is 2.62. The van der Waals surface area contributed by atoms with Crippen molar-refractivity contribution in [2.45, 2.75) is 19.4 Å². The minimum atomic E-state index is -0.325. The summed E-state index contributed by atoms with van der Waals surface area (Å²) in [5.74, 6) is 0.515. The largest absolute Gasteiger partial charge is 0.491 e. The SMILES string of the molecule is CCOc1ccc(C(CCCl)NC)cc1F. The minimum Gasteiger partial charge on any atom is -0.491 e. The molecule has 0 aliphatic carbocycles. The molecule has 1 aromatic rings. The summed E-state index contributed by atoms with van der Waals surface area (Å²) in [5.41, 5.74) is 0.893. The van der Waals surface area contributed by atoms with Crippen LogP contribution in [0, 0.1) is 5.82 Å². The van der Waals surface area contributed by atoms with Crippen LogP contribution >= 0.6 is 11.6 Å². The highest BCUT2D eigenvalue weighted by atomic mass is 35.5. The van der Waals surface area contributed by atoms with E-state index in [4.69, 9.17) is 16.3 Å². The monoisotopic (exact) mass is 245 g/mol. The number of benzene rings is 1. The van der Waals surface area contributed by atoms with E-state index in [-0.39, 0.29) is 11.9 Å². The molecule has 1 rings (SSSR count). The van der Waals surface area contributed by atoms with Gasteiger partial charge in [-0.2, -0.15) is 0 Å². The molecular formula is C12H17ClFNO. The average molecular weight is 246 g/mol. The highest BCUT2D eigenvalue weighted by molar-refractivity contribution is 6.17. The van der Waals surface area contributed by atoms with E-state index in [2.05, 4.69) is 5.32 Å². The van der Waals surface area contributed by atoms with E-state index < -0.39 is 0 Å². The Morgan fingerprint density at radius 2 is 2.25 bits per heavy atom. The number of hydrogen-bond acceptors (Lipinski definition) is 2. The predicted octanol–water partition coefficient (Wildman–Crippen LogP) is 3.11. The molecule has 4 heteroatoms. The highest BCUT2D eigenvalue weighted by Crippen LogP contribution is 2.23. The van der Waals surface area contributed by atoms with E-state index in [9.17, 15) is 4.39 Å². The van der Waals surface area contributed by atoms with Gasteiger partial charge in [-0.3, -0.25) is 0 Å². The molecule has 0 fully saturated rings. The van der Waals surface area contributed by atoms with Crippen molar-refractivity contribution < 1.29 is 9.13 Å². The van der Waals surface area contributed by atoms with Crippen molar-refractivity contribution in [1.82, 2.24) is 5.32 Å². The third-order valence-electron chi connectivity index (χ3n) is 2.40. The molecule has 0 radical (unpaired) electrons. The number of ether oxygens (including phenoxy) is 1. The van der Waals surface area contributed by atoms with E-state index in [1.807, 2.05) is 20.0 Å². The van der Waals surface area contributed by atoms with Crippen LogP contribution < -0.4 is 10.1 Å². The first-order valence-electron chi connectivity index (χ1n) is 5.38. The van der Waals surface area contributed by atoms with Crippen LogP contribution in [0.25, 0.3) is 0 Å². The maximum absolute atomic E-state index is 13.6. The molecule has 90 valence electrons. The maximum Gasteiger partial charge on any atom is 0.165 e. The molecule has 0 saturated carbocycles. The lowest BCUT2D eigenvalue weighted by Gasteiger charge is -2.16. The fourth-order valence-corrected chi connectivity index (χ4v) is 1.81. The van der Waals surface area contributed by atoms with Crippen LogP contribution in [0.15, 0.2) is 18.2 Å². The molecule has 0 aromatic heterocycles. The Balaban J connectivity index is 2.85. The molecule has 1 unspecified atom stereocenters. The van der Waals surface area contributed by atoms with Gasteiger partial charge < -0.3 is 10.1 Å². The minimum absolute atomic E-state index is 0.0858. The highest BCUT2D eigenvalue weighted by Gasteiger charge is 2.11. The molecule has 16 heavy (non-hydrogen) atoms. The van der Waals surface area contributed by atoms with E-state index in [1.54, 1.807) is 6.07 Å². The summed E-state index contributed by atoms with van der Waals surface area (Å²) < 4.78 is 18.7. The van der Waals surface area contributed by atoms with Gasteiger partial charge >= 0.3 is 0 Å². The quantitative estimate of drug-likeness (QED) is 0.778. The zero-order valence-electron chi connectivity index (χ0n) is 9.59. The van der Waals surface area contributed by atoms with Crippen LogP contribution in [-0.2, 0) is 0 Å². The van der Waals surface area contributed by atoms with Crippen LogP contribution in [0.3, 0.4) is 0 Å². The van der Waals surface area contributed by atoms with Gasteiger partial charge in [0.15, 0.2) is 11.6 Å². The summed E-state index contributed by atoms with van der Waals surface area (Å²) in [6, 6.07) is 5.11. The third kappa shape index (κ3) is 3.35. The first kappa shape index (κ1) is 13.3. The van der Waals surface area contributed by atoms with Crippen molar-refractivity contribution in [3.05, 3.63) is 29.6 Å². The van der Waals surface area contributed by atoms with Gasteiger partial charge in [0.2, 0.25) is 0 Å². The Labute approximate surface area is 101 Å². The van der Waals surface area contributed by atoms with Crippen LogP contribution in [0.4, 0.5) is 4.39 Å². The van der Waals surface area contributed by atoms with E-state index in [1.165, 1.54) is 6.07 Å². The Hall–Kier alpha value is -0.800. The second-order valence-electron chi connectivity index (χ2n) is 3.44. The molecule has 0 aliphatic heterocycles. The molecule has 1 atom stereocenters. The van der Waals surface area contributed by atoms with Crippen molar-refractivity contribution in [1.29, 1.82) is 0 Å². The maximum atomic E-state index is 13.6. The van der Waals surface area contributed by atoms with Gasteiger partial charge in [-0.25, -0.2) is 4.39 Å². The van der Waals surface area contributed by atoms with Crippen LogP contribution in [-0.4, -0.2) is 19.5 Å². The zero-order valence-corrected chi connectivity index (χ0v) is 10.4. The van der Waals surface area contributed by atoms with Crippen molar-refractivity contribution in [2.24, 2.45) is 0 Å². The molecule has 1 N–H and O–H groups in total. The number of hydrogen-bond donors (Lipinski definition) is 1. The Morgan fingerprint density at radius 1 is 1.50 bits per heavy atom. The molecule has 1 aromatic carbocycles. The second-order valence-corrected chi connectivity index (χ2v) is 3.82. The summed E-state index contributed by atoms with van der Waals surface area (Å²) in [4.78, 5) is 0. The normalized spacial score (nSPS) is 12.5. The van der Waals surface area contributed by atoms with Crippen molar-refractivity contribution >= 4 is 11.6 Å². The molecule has 0 amide bonds. The van der Waals surface area contributed by atoms with Gasteiger partial charge in [-0.05, 0) is 38.1 Å². The Bertz CT molecular complexity index is 333. The summed E-state index contributed by atoms with van der Waals surface area (Å²) in [5, 5.41) is 3.11. The van der Waals surface area contributed by atoms with Crippen LogP contribution in [0.2, 0.25) is 0 Å².